The summed E-state index contributed by atoms with van der Waals surface area (Å²) in [6.07, 6.45) is 1.76. The first kappa shape index (κ1) is 24.2. The van der Waals surface area contributed by atoms with Crippen molar-refractivity contribution in [3.8, 4) is 5.75 Å². The molecule has 0 radical (unpaired) electrons. The summed E-state index contributed by atoms with van der Waals surface area (Å²) in [5.74, 6) is 0.269. The van der Waals surface area contributed by atoms with E-state index >= 15 is 0 Å². The molecular weight excluding hydrogens is 567 g/mol. The van der Waals surface area contributed by atoms with Gasteiger partial charge in [-0.2, -0.15) is 0 Å². The molecule has 0 aliphatic carbocycles. The third kappa shape index (κ3) is 6.14. The number of benzene rings is 3. The number of rotatable bonds is 5. The van der Waals surface area contributed by atoms with Crippen LogP contribution in [0.25, 0.3) is 6.08 Å². The molecule has 0 unspecified atom stereocenters. The monoisotopic (exact) mass is 580 g/mol. The number of carbonyl (C=O) groups is 1. The first-order chi connectivity index (χ1) is 15.8. The zero-order valence-electron chi connectivity index (χ0n) is 17.2. The van der Waals surface area contributed by atoms with Crippen molar-refractivity contribution in [1.29, 1.82) is 0 Å². The number of nitrogens with zero attached hydrogens (tertiary/aromatic N) is 1. The predicted octanol–water partition coefficient (Wildman–Crippen LogP) is 8.19. The standard InChI is InChI=1S/C24H16BrCl3N2O2S/c1-13-2-6-17(7-3-13)29-24-30-23(31)21(33-24)10-14-8-18(25)22(20(28)9-14)32-12-15-4-5-16(26)11-19(15)27/h2-11H,12H2,1H3,(H,29,30,31)/b21-10+. The number of hydrogen-bond acceptors (Lipinski definition) is 4. The van der Waals surface area contributed by atoms with Gasteiger partial charge in [0.05, 0.1) is 20.1 Å². The zero-order chi connectivity index (χ0) is 23.5. The Kier molecular flexibility index (Phi) is 7.72. The number of carbonyl (C=O) groups excluding carboxylic acids is 1. The summed E-state index contributed by atoms with van der Waals surface area (Å²) in [7, 11) is 0. The lowest BCUT2D eigenvalue weighted by atomic mass is 10.2. The van der Waals surface area contributed by atoms with E-state index < -0.39 is 0 Å². The van der Waals surface area contributed by atoms with Gasteiger partial charge in [0.15, 0.2) is 10.9 Å². The van der Waals surface area contributed by atoms with Crippen molar-refractivity contribution >= 4 is 85.3 Å². The lowest BCUT2D eigenvalue weighted by molar-refractivity contribution is -0.115. The van der Waals surface area contributed by atoms with Gasteiger partial charge in [-0.05, 0) is 82.7 Å². The fourth-order valence-corrected chi connectivity index (χ4v) is 5.25. The molecule has 168 valence electrons. The minimum absolute atomic E-state index is 0.212. The third-order valence-electron chi connectivity index (χ3n) is 4.62. The molecule has 0 atom stereocenters. The SMILES string of the molecule is Cc1ccc(N=C2NC(=O)/C(=C\c3cc(Cl)c(OCc4ccc(Cl)cc4Cl)c(Br)c3)S2)cc1. The molecule has 1 saturated heterocycles. The summed E-state index contributed by atoms with van der Waals surface area (Å²) in [4.78, 5) is 17.4. The maximum Gasteiger partial charge on any atom is 0.264 e. The minimum atomic E-state index is -0.212. The van der Waals surface area contributed by atoms with Crippen molar-refractivity contribution < 1.29 is 9.53 Å². The van der Waals surface area contributed by atoms with E-state index in [1.807, 2.05) is 37.3 Å². The van der Waals surface area contributed by atoms with Crippen LogP contribution in [-0.4, -0.2) is 11.1 Å². The van der Waals surface area contributed by atoms with E-state index in [1.54, 1.807) is 30.3 Å². The largest absolute Gasteiger partial charge is 0.486 e. The Hall–Kier alpha value is -1.96. The highest BCUT2D eigenvalue weighted by molar-refractivity contribution is 9.10. The van der Waals surface area contributed by atoms with Gasteiger partial charge in [0.2, 0.25) is 0 Å². The average molecular weight is 583 g/mol. The minimum Gasteiger partial charge on any atom is -0.486 e. The van der Waals surface area contributed by atoms with Crippen molar-refractivity contribution in [3.05, 3.63) is 95.7 Å². The predicted molar refractivity (Wildman–Crippen MR) is 142 cm³/mol. The molecule has 4 nitrogen and oxygen atoms in total. The first-order valence-electron chi connectivity index (χ1n) is 9.70. The van der Waals surface area contributed by atoms with Crippen LogP contribution < -0.4 is 10.1 Å². The van der Waals surface area contributed by atoms with E-state index in [4.69, 9.17) is 39.5 Å². The second-order valence-electron chi connectivity index (χ2n) is 7.16. The van der Waals surface area contributed by atoms with Crippen LogP contribution in [0.2, 0.25) is 15.1 Å². The lowest BCUT2D eigenvalue weighted by Gasteiger charge is -2.12. The van der Waals surface area contributed by atoms with Crippen LogP contribution in [-0.2, 0) is 11.4 Å². The number of aryl methyl sites for hydroxylation is 1. The Morgan fingerprint density at radius 1 is 1.06 bits per heavy atom. The van der Waals surface area contributed by atoms with Crippen LogP contribution in [0.5, 0.6) is 5.75 Å². The Labute approximate surface area is 219 Å². The normalized spacial score (nSPS) is 15.8. The van der Waals surface area contributed by atoms with Gasteiger partial charge in [0.1, 0.15) is 6.61 Å². The van der Waals surface area contributed by atoms with Crippen LogP contribution in [0, 0.1) is 6.92 Å². The summed E-state index contributed by atoms with van der Waals surface area (Å²) >= 11 is 23.4. The molecule has 4 rings (SSSR count). The molecule has 0 spiro atoms. The molecule has 3 aromatic carbocycles. The molecule has 0 bridgehead atoms. The number of ether oxygens (including phenoxy) is 1. The van der Waals surface area contributed by atoms with E-state index in [1.165, 1.54) is 11.8 Å². The second kappa shape index (κ2) is 10.5. The molecule has 1 aliphatic heterocycles. The highest BCUT2D eigenvalue weighted by Crippen LogP contribution is 2.37. The Balaban J connectivity index is 1.50. The molecular formula is C24H16BrCl3N2O2S. The summed E-state index contributed by atoms with van der Waals surface area (Å²) in [5.41, 5.74) is 3.46. The number of thioether (sulfide) groups is 1. The van der Waals surface area contributed by atoms with Gasteiger partial charge in [-0.1, -0.05) is 58.6 Å². The average Bonchev–Trinajstić information content (AvgIpc) is 3.09. The summed E-state index contributed by atoms with van der Waals surface area (Å²) < 4.78 is 6.54. The van der Waals surface area contributed by atoms with E-state index in [9.17, 15) is 4.79 Å². The second-order valence-corrected chi connectivity index (χ2v) is 10.3. The van der Waals surface area contributed by atoms with Gasteiger partial charge in [-0.3, -0.25) is 4.79 Å². The smallest absolute Gasteiger partial charge is 0.264 e. The maximum atomic E-state index is 12.4. The van der Waals surface area contributed by atoms with Crippen LogP contribution >= 0.6 is 62.5 Å². The van der Waals surface area contributed by atoms with E-state index in [0.717, 1.165) is 22.4 Å². The third-order valence-corrected chi connectivity index (χ3v) is 6.99. The van der Waals surface area contributed by atoms with Crippen molar-refractivity contribution in [1.82, 2.24) is 5.32 Å². The molecule has 1 fully saturated rings. The maximum absolute atomic E-state index is 12.4. The van der Waals surface area contributed by atoms with Gasteiger partial charge < -0.3 is 10.1 Å². The number of amidine groups is 1. The molecule has 3 aromatic rings. The number of hydrogen-bond donors (Lipinski definition) is 1. The van der Waals surface area contributed by atoms with Gasteiger partial charge in [-0.25, -0.2) is 4.99 Å². The van der Waals surface area contributed by atoms with E-state index in [2.05, 4.69) is 26.2 Å². The van der Waals surface area contributed by atoms with Crippen LogP contribution in [0.1, 0.15) is 16.7 Å². The fourth-order valence-electron chi connectivity index (χ4n) is 2.96. The molecule has 33 heavy (non-hydrogen) atoms. The zero-order valence-corrected chi connectivity index (χ0v) is 21.8. The van der Waals surface area contributed by atoms with Crippen LogP contribution in [0.3, 0.4) is 0 Å². The molecule has 1 heterocycles. The summed E-state index contributed by atoms with van der Waals surface area (Å²) in [5, 5.41) is 4.79. The summed E-state index contributed by atoms with van der Waals surface area (Å²) in [6.45, 7) is 2.24. The first-order valence-corrected chi connectivity index (χ1v) is 12.4. The van der Waals surface area contributed by atoms with Crippen molar-refractivity contribution in [2.45, 2.75) is 13.5 Å². The van der Waals surface area contributed by atoms with Gasteiger partial charge in [-0.15, -0.1) is 0 Å². The quantitative estimate of drug-likeness (QED) is 0.309. The molecule has 9 heteroatoms. The molecule has 0 saturated carbocycles. The molecule has 1 aliphatic rings. The van der Waals surface area contributed by atoms with E-state index in [0.29, 0.717) is 35.4 Å². The Morgan fingerprint density at radius 2 is 1.82 bits per heavy atom. The van der Waals surface area contributed by atoms with Gasteiger partial charge >= 0.3 is 0 Å². The van der Waals surface area contributed by atoms with Crippen molar-refractivity contribution in [2.24, 2.45) is 4.99 Å². The van der Waals surface area contributed by atoms with Crippen LogP contribution in [0.15, 0.2) is 69.0 Å². The highest BCUT2D eigenvalue weighted by atomic mass is 79.9. The number of nitrogens with one attached hydrogen (secondary N) is 1. The number of amides is 1. The number of halogens is 4. The van der Waals surface area contributed by atoms with Gasteiger partial charge in [0.25, 0.3) is 5.91 Å². The topological polar surface area (TPSA) is 50.7 Å². The molecule has 1 amide bonds. The van der Waals surface area contributed by atoms with E-state index in [-0.39, 0.29) is 12.5 Å². The molecule has 1 N–H and O–H groups in total. The van der Waals surface area contributed by atoms with Gasteiger partial charge in [0, 0.05) is 15.6 Å². The molecule has 0 aromatic heterocycles. The van der Waals surface area contributed by atoms with Crippen molar-refractivity contribution in [2.75, 3.05) is 0 Å². The fraction of sp³-hybridized carbons (Fsp3) is 0.0833. The summed E-state index contributed by atoms with van der Waals surface area (Å²) in [6, 6.07) is 16.5. The lowest BCUT2D eigenvalue weighted by Crippen LogP contribution is -2.19. The highest BCUT2D eigenvalue weighted by Gasteiger charge is 2.24. The Morgan fingerprint density at radius 3 is 2.52 bits per heavy atom. The van der Waals surface area contributed by atoms with Crippen molar-refractivity contribution in [3.63, 3.8) is 0 Å². The Bertz CT molecular complexity index is 1270. The number of aliphatic imine (C=N–C) groups is 1. The van der Waals surface area contributed by atoms with Crippen LogP contribution in [0.4, 0.5) is 5.69 Å².